The van der Waals surface area contributed by atoms with Crippen LogP contribution >= 0.6 is 23.7 Å². The van der Waals surface area contributed by atoms with Gasteiger partial charge in [0.25, 0.3) is 5.91 Å². The van der Waals surface area contributed by atoms with Gasteiger partial charge >= 0.3 is 0 Å². The van der Waals surface area contributed by atoms with Crippen LogP contribution in [0, 0.1) is 0 Å². The summed E-state index contributed by atoms with van der Waals surface area (Å²) >= 11 is 1.42. The highest BCUT2D eigenvalue weighted by molar-refractivity contribution is 7.89. The summed E-state index contributed by atoms with van der Waals surface area (Å²) in [5.74, 6) is 0.421. The highest BCUT2D eigenvalue weighted by atomic mass is 35.5. The number of anilines is 1. The normalized spacial score (nSPS) is 11.6. The lowest BCUT2D eigenvalue weighted by Gasteiger charge is -2.22. The number of unbranched alkanes of at least 4 members (excludes halogenated alkanes) is 1. The van der Waals surface area contributed by atoms with E-state index < -0.39 is 10.0 Å². The van der Waals surface area contributed by atoms with Crippen LogP contribution < -0.4 is 9.64 Å². The standard InChI is InChI=1S/C24H32N4O4S2.ClH/c1-6-7-15-27(4)34(30,31)19-13-11-18(12-14-19)23(29)28(17-16-26(2)3)24-25-22-20(32-5)9-8-10-21(22)33-24;/h8-14H,6-7,15-17H2,1-5H3;1H. The molecule has 1 amide bonds. The van der Waals surface area contributed by atoms with Crippen LogP contribution in [0.15, 0.2) is 47.4 Å². The van der Waals surface area contributed by atoms with Crippen molar-refractivity contribution in [3.8, 4) is 5.75 Å². The van der Waals surface area contributed by atoms with Gasteiger partial charge in [0, 0.05) is 32.2 Å². The Bertz CT molecular complexity index is 1230. The van der Waals surface area contributed by atoms with Crippen LogP contribution in [0.1, 0.15) is 30.1 Å². The number of benzene rings is 2. The zero-order valence-electron chi connectivity index (χ0n) is 20.7. The van der Waals surface area contributed by atoms with Crippen molar-refractivity contribution in [3.05, 3.63) is 48.0 Å². The molecule has 11 heteroatoms. The predicted octanol–water partition coefficient (Wildman–Crippen LogP) is 4.36. The minimum absolute atomic E-state index is 0. The molecule has 0 fully saturated rings. The maximum absolute atomic E-state index is 13.5. The zero-order chi connectivity index (χ0) is 24.9. The molecule has 3 aromatic rings. The number of para-hydroxylation sites is 1. The molecule has 1 aromatic heterocycles. The molecule has 0 radical (unpaired) electrons. The first-order valence-electron chi connectivity index (χ1n) is 11.2. The molecule has 3 rings (SSSR count). The number of nitrogens with zero attached hydrogens (tertiary/aromatic N) is 4. The third-order valence-electron chi connectivity index (χ3n) is 5.47. The summed E-state index contributed by atoms with van der Waals surface area (Å²) in [5.41, 5.74) is 1.12. The topological polar surface area (TPSA) is 83.1 Å². The first kappa shape index (κ1) is 29.0. The van der Waals surface area contributed by atoms with Gasteiger partial charge in [-0.25, -0.2) is 17.7 Å². The Hall–Kier alpha value is -2.24. The average molecular weight is 541 g/mol. The lowest BCUT2D eigenvalue weighted by Crippen LogP contribution is -2.36. The first-order chi connectivity index (χ1) is 16.2. The van der Waals surface area contributed by atoms with Crippen molar-refractivity contribution in [2.75, 3.05) is 52.8 Å². The molecule has 8 nitrogen and oxygen atoms in total. The third-order valence-corrected chi connectivity index (χ3v) is 8.39. The van der Waals surface area contributed by atoms with E-state index in [-0.39, 0.29) is 23.2 Å². The number of carbonyl (C=O) groups excluding carboxylic acids is 1. The molecule has 0 atom stereocenters. The van der Waals surface area contributed by atoms with E-state index in [9.17, 15) is 13.2 Å². The number of amides is 1. The van der Waals surface area contributed by atoms with Gasteiger partial charge in [-0.15, -0.1) is 12.4 Å². The van der Waals surface area contributed by atoms with Gasteiger partial charge in [0.2, 0.25) is 10.0 Å². The molecule has 192 valence electrons. The summed E-state index contributed by atoms with van der Waals surface area (Å²) < 4.78 is 33.3. The summed E-state index contributed by atoms with van der Waals surface area (Å²) in [4.78, 5) is 22.0. The summed E-state index contributed by atoms with van der Waals surface area (Å²) in [6.45, 7) is 3.56. The van der Waals surface area contributed by atoms with E-state index in [0.717, 1.165) is 17.5 Å². The van der Waals surface area contributed by atoms with Gasteiger partial charge in [-0.3, -0.25) is 9.69 Å². The molecule has 1 heterocycles. The van der Waals surface area contributed by atoms with Gasteiger partial charge in [0.05, 0.1) is 16.7 Å². The van der Waals surface area contributed by atoms with Gasteiger partial charge in [-0.2, -0.15) is 0 Å². The fourth-order valence-electron chi connectivity index (χ4n) is 3.38. The van der Waals surface area contributed by atoms with Crippen LogP contribution in [0.25, 0.3) is 10.2 Å². The molecule has 0 aliphatic rings. The summed E-state index contributed by atoms with van der Waals surface area (Å²) in [5, 5.41) is 0.572. The zero-order valence-corrected chi connectivity index (χ0v) is 23.2. The second kappa shape index (κ2) is 12.6. The molecule has 0 saturated heterocycles. The van der Waals surface area contributed by atoms with E-state index in [4.69, 9.17) is 9.72 Å². The molecule has 0 saturated carbocycles. The smallest absolute Gasteiger partial charge is 0.260 e. The van der Waals surface area contributed by atoms with Crippen molar-refractivity contribution >= 4 is 55.0 Å². The minimum atomic E-state index is -3.60. The number of methoxy groups -OCH3 is 1. The second-order valence-electron chi connectivity index (χ2n) is 8.27. The Morgan fingerprint density at radius 2 is 1.71 bits per heavy atom. The van der Waals surface area contributed by atoms with E-state index in [1.54, 1.807) is 31.2 Å². The third kappa shape index (κ3) is 6.71. The van der Waals surface area contributed by atoms with Crippen LogP contribution in [0.2, 0.25) is 0 Å². The van der Waals surface area contributed by atoms with Crippen molar-refractivity contribution in [2.24, 2.45) is 0 Å². The van der Waals surface area contributed by atoms with E-state index in [2.05, 4.69) is 0 Å². The molecule has 0 unspecified atom stereocenters. The van der Waals surface area contributed by atoms with Crippen LogP contribution in [-0.4, -0.2) is 76.4 Å². The van der Waals surface area contributed by atoms with Crippen molar-refractivity contribution in [2.45, 2.75) is 24.7 Å². The number of carbonyl (C=O) groups is 1. The monoisotopic (exact) mass is 540 g/mol. The van der Waals surface area contributed by atoms with Gasteiger partial charge in [0.15, 0.2) is 5.13 Å². The minimum Gasteiger partial charge on any atom is -0.494 e. The first-order valence-corrected chi connectivity index (χ1v) is 13.4. The van der Waals surface area contributed by atoms with Gasteiger partial charge in [-0.05, 0) is 56.9 Å². The van der Waals surface area contributed by atoms with Crippen molar-refractivity contribution in [1.29, 1.82) is 0 Å². The number of thiazole rings is 1. The molecular weight excluding hydrogens is 508 g/mol. The number of sulfonamides is 1. The number of aromatic nitrogens is 1. The van der Waals surface area contributed by atoms with E-state index in [0.29, 0.717) is 41.6 Å². The van der Waals surface area contributed by atoms with Crippen LogP contribution in [0.5, 0.6) is 5.75 Å². The number of fused-ring (bicyclic) bond motifs is 1. The highest BCUT2D eigenvalue weighted by Crippen LogP contribution is 2.34. The van der Waals surface area contributed by atoms with Crippen molar-refractivity contribution in [1.82, 2.24) is 14.2 Å². The van der Waals surface area contributed by atoms with Crippen LogP contribution in [-0.2, 0) is 10.0 Å². The van der Waals surface area contributed by atoms with Gasteiger partial charge in [0.1, 0.15) is 11.3 Å². The van der Waals surface area contributed by atoms with Gasteiger partial charge in [-0.1, -0.05) is 30.7 Å². The Kier molecular flexibility index (Phi) is 10.5. The quantitative estimate of drug-likeness (QED) is 0.359. The van der Waals surface area contributed by atoms with E-state index >= 15 is 0 Å². The number of halogens is 1. The van der Waals surface area contributed by atoms with Crippen molar-refractivity contribution < 1.29 is 17.9 Å². The largest absolute Gasteiger partial charge is 0.494 e. The average Bonchev–Trinajstić information content (AvgIpc) is 3.26. The maximum Gasteiger partial charge on any atom is 0.260 e. The maximum atomic E-state index is 13.5. The van der Waals surface area contributed by atoms with Crippen LogP contribution in [0.3, 0.4) is 0 Å². The fourth-order valence-corrected chi connectivity index (χ4v) is 5.60. The Labute approximate surface area is 218 Å². The SMILES string of the molecule is CCCCN(C)S(=O)(=O)c1ccc(C(=O)N(CCN(C)C)c2nc3c(OC)cccc3s2)cc1.Cl. The number of likely N-dealkylation sites (N-methyl/N-ethyl adjacent to an activating group) is 1. The number of ether oxygens (including phenoxy) is 1. The van der Waals surface area contributed by atoms with E-state index in [1.807, 2.05) is 44.1 Å². The Morgan fingerprint density at radius 1 is 1.03 bits per heavy atom. The molecule has 2 aromatic carbocycles. The van der Waals surface area contributed by atoms with Gasteiger partial charge < -0.3 is 9.64 Å². The summed E-state index contributed by atoms with van der Waals surface area (Å²) in [6, 6.07) is 11.8. The number of hydrogen-bond donors (Lipinski definition) is 0. The molecule has 35 heavy (non-hydrogen) atoms. The summed E-state index contributed by atoms with van der Waals surface area (Å²) in [6.07, 6.45) is 1.70. The Balaban J connectivity index is 0.00000432. The predicted molar refractivity (Wildman–Crippen MR) is 145 cm³/mol. The Morgan fingerprint density at radius 3 is 2.31 bits per heavy atom. The van der Waals surface area contributed by atoms with Crippen LogP contribution in [0.4, 0.5) is 5.13 Å². The molecule has 0 aliphatic heterocycles. The number of rotatable bonds is 11. The molecule has 0 spiro atoms. The number of hydrogen-bond acceptors (Lipinski definition) is 7. The molecule has 0 N–H and O–H groups in total. The fraction of sp³-hybridized carbons (Fsp3) is 0.417. The second-order valence-corrected chi connectivity index (χ2v) is 11.3. The summed E-state index contributed by atoms with van der Waals surface area (Å²) in [7, 11) is 3.46. The van der Waals surface area contributed by atoms with Crippen molar-refractivity contribution in [3.63, 3.8) is 0 Å². The van der Waals surface area contributed by atoms with E-state index in [1.165, 1.54) is 27.8 Å². The molecular formula is C24H33ClN4O4S2. The molecule has 0 aliphatic carbocycles. The molecule has 0 bridgehead atoms. The highest BCUT2D eigenvalue weighted by Gasteiger charge is 2.24. The lowest BCUT2D eigenvalue weighted by molar-refractivity contribution is 0.0985. The lowest BCUT2D eigenvalue weighted by atomic mass is 10.2.